The second-order valence-corrected chi connectivity index (χ2v) is 4.63. The molecule has 0 saturated carbocycles. The molecule has 0 unspecified atom stereocenters. The van der Waals surface area contributed by atoms with Gasteiger partial charge in [0, 0.05) is 12.5 Å². The molecule has 0 aliphatic carbocycles. The molecule has 2 N–H and O–H groups in total. The van der Waals surface area contributed by atoms with E-state index in [1.807, 2.05) is 13.8 Å². The van der Waals surface area contributed by atoms with Crippen LogP contribution in [-0.2, 0) is 4.79 Å². The summed E-state index contributed by atoms with van der Waals surface area (Å²) < 4.78 is 5.28. The smallest absolute Gasteiger partial charge is 0.161 e. The van der Waals surface area contributed by atoms with E-state index in [0.717, 1.165) is 18.4 Å². The first-order valence-corrected chi connectivity index (χ1v) is 7.14. The molecule has 0 amide bonds. The highest BCUT2D eigenvalue weighted by Gasteiger charge is 2.02. The van der Waals surface area contributed by atoms with Crippen LogP contribution in [0.1, 0.15) is 38.7 Å². The predicted octanol–water partition coefficient (Wildman–Crippen LogP) is 4.01. The molecular weight excluding hydrogens is 268 g/mol. The van der Waals surface area contributed by atoms with Gasteiger partial charge in [-0.15, -0.1) is 0 Å². The van der Waals surface area contributed by atoms with Crippen LogP contribution >= 0.6 is 0 Å². The summed E-state index contributed by atoms with van der Waals surface area (Å²) in [5, 5.41) is 19.3. The van der Waals surface area contributed by atoms with Gasteiger partial charge in [-0.25, -0.2) is 0 Å². The minimum Gasteiger partial charge on any atom is -0.508 e. The van der Waals surface area contributed by atoms with E-state index >= 15 is 0 Å². The lowest BCUT2D eigenvalue weighted by Gasteiger charge is -2.06. The van der Waals surface area contributed by atoms with Crippen LogP contribution in [0, 0.1) is 0 Å². The molecule has 0 aliphatic rings. The maximum Gasteiger partial charge on any atom is 0.161 e. The Morgan fingerprint density at radius 1 is 1.33 bits per heavy atom. The first-order valence-electron chi connectivity index (χ1n) is 7.14. The summed E-state index contributed by atoms with van der Waals surface area (Å²) in [6, 6.07) is 4.89. The van der Waals surface area contributed by atoms with E-state index in [1.165, 1.54) is 18.2 Å². The van der Waals surface area contributed by atoms with Crippen molar-refractivity contribution in [1.82, 2.24) is 0 Å². The third-order valence-corrected chi connectivity index (χ3v) is 2.82. The first kappa shape index (κ1) is 16.8. The van der Waals surface area contributed by atoms with Crippen molar-refractivity contribution >= 4 is 11.9 Å². The van der Waals surface area contributed by atoms with Crippen LogP contribution in [0.2, 0.25) is 0 Å². The first-order chi connectivity index (χ1) is 10.1. The van der Waals surface area contributed by atoms with Gasteiger partial charge in [-0.05, 0) is 37.1 Å². The second-order valence-electron chi connectivity index (χ2n) is 4.63. The molecule has 0 spiro atoms. The molecule has 0 aromatic heterocycles. The Morgan fingerprint density at radius 3 is 2.76 bits per heavy atom. The minimum atomic E-state index is -0.0836. The van der Waals surface area contributed by atoms with Crippen molar-refractivity contribution in [3.8, 4) is 11.5 Å². The van der Waals surface area contributed by atoms with Crippen molar-refractivity contribution < 1.29 is 19.7 Å². The number of benzene rings is 1. The number of aliphatic hydroxyl groups is 1. The molecule has 21 heavy (non-hydrogen) atoms. The highest BCUT2D eigenvalue weighted by atomic mass is 16.5. The zero-order valence-corrected chi connectivity index (χ0v) is 12.5. The van der Waals surface area contributed by atoms with Crippen molar-refractivity contribution in [3.05, 3.63) is 41.7 Å². The SMILES string of the molecule is CCCCC(=O)C=C(O)C=Cc1ccc(O)c(OCC)c1. The average Bonchev–Trinajstić information content (AvgIpc) is 2.46. The van der Waals surface area contributed by atoms with E-state index in [1.54, 1.807) is 18.2 Å². The number of rotatable bonds is 8. The Hall–Kier alpha value is -2.23. The van der Waals surface area contributed by atoms with Gasteiger partial charge in [-0.3, -0.25) is 4.79 Å². The number of hydrogen-bond donors (Lipinski definition) is 2. The van der Waals surface area contributed by atoms with Crippen LogP contribution in [0.4, 0.5) is 0 Å². The normalized spacial score (nSPS) is 11.8. The van der Waals surface area contributed by atoms with Crippen LogP contribution in [0.3, 0.4) is 0 Å². The second kappa shape index (κ2) is 8.84. The van der Waals surface area contributed by atoms with Crippen LogP contribution in [0.5, 0.6) is 11.5 Å². The Labute approximate surface area is 125 Å². The van der Waals surface area contributed by atoms with E-state index in [0.29, 0.717) is 18.8 Å². The molecule has 114 valence electrons. The van der Waals surface area contributed by atoms with Crippen molar-refractivity contribution in [2.75, 3.05) is 6.61 Å². The fraction of sp³-hybridized carbons (Fsp3) is 0.353. The summed E-state index contributed by atoms with van der Waals surface area (Å²) in [5.74, 6) is 0.299. The summed E-state index contributed by atoms with van der Waals surface area (Å²) in [6.07, 6.45) is 6.55. The number of allylic oxidation sites excluding steroid dienone is 2. The van der Waals surface area contributed by atoms with Crippen molar-refractivity contribution in [1.29, 1.82) is 0 Å². The molecule has 1 rings (SSSR count). The van der Waals surface area contributed by atoms with Crippen LogP contribution in [0.15, 0.2) is 36.1 Å². The molecule has 1 aromatic rings. The van der Waals surface area contributed by atoms with Crippen LogP contribution in [-0.4, -0.2) is 22.6 Å². The number of aromatic hydroxyl groups is 1. The summed E-state index contributed by atoms with van der Waals surface area (Å²) in [4.78, 5) is 11.5. The molecule has 0 radical (unpaired) electrons. The maximum atomic E-state index is 11.5. The van der Waals surface area contributed by atoms with Crippen molar-refractivity contribution in [2.45, 2.75) is 33.1 Å². The van der Waals surface area contributed by atoms with Gasteiger partial charge in [0.05, 0.1) is 6.61 Å². The predicted molar refractivity (Wildman–Crippen MR) is 83.6 cm³/mol. The summed E-state index contributed by atoms with van der Waals surface area (Å²) >= 11 is 0. The molecular formula is C17H22O4. The molecule has 0 bridgehead atoms. The number of unbranched alkanes of at least 4 members (excludes halogenated alkanes) is 1. The van der Waals surface area contributed by atoms with Crippen molar-refractivity contribution in [3.63, 3.8) is 0 Å². The Kier molecular flexibility index (Phi) is 7.09. The van der Waals surface area contributed by atoms with Gasteiger partial charge in [-0.1, -0.05) is 25.5 Å². The van der Waals surface area contributed by atoms with Gasteiger partial charge in [0.25, 0.3) is 0 Å². The van der Waals surface area contributed by atoms with E-state index in [2.05, 4.69) is 0 Å². The third-order valence-electron chi connectivity index (χ3n) is 2.82. The highest BCUT2D eigenvalue weighted by Crippen LogP contribution is 2.27. The number of aliphatic hydroxyl groups excluding tert-OH is 1. The molecule has 0 fully saturated rings. The highest BCUT2D eigenvalue weighted by molar-refractivity contribution is 5.90. The fourth-order valence-corrected chi connectivity index (χ4v) is 1.72. The van der Waals surface area contributed by atoms with E-state index in [-0.39, 0.29) is 17.3 Å². The van der Waals surface area contributed by atoms with E-state index in [4.69, 9.17) is 4.74 Å². The minimum absolute atomic E-state index is 0.0727. The lowest BCUT2D eigenvalue weighted by atomic mass is 10.1. The number of ether oxygens (including phenoxy) is 1. The van der Waals surface area contributed by atoms with Gasteiger partial charge >= 0.3 is 0 Å². The number of carbonyl (C=O) groups is 1. The monoisotopic (exact) mass is 290 g/mol. The molecule has 4 heteroatoms. The van der Waals surface area contributed by atoms with E-state index in [9.17, 15) is 15.0 Å². The zero-order valence-electron chi connectivity index (χ0n) is 12.5. The summed E-state index contributed by atoms with van der Waals surface area (Å²) in [5.41, 5.74) is 0.761. The molecule has 1 aromatic carbocycles. The zero-order chi connectivity index (χ0) is 15.7. The number of ketones is 1. The van der Waals surface area contributed by atoms with Gasteiger partial charge in [0.15, 0.2) is 17.3 Å². The largest absolute Gasteiger partial charge is 0.508 e. The Balaban J connectivity index is 2.73. The van der Waals surface area contributed by atoms with Gasteiger partial charge in [0.2, 0.25) is 0 Å². The molecule has 0 heterocycles. The number of phenolic OH excluding ortho intramolecular Hbond substituents is 1. The quantitative estimate of drug-likeness (QED) is 0.431. The molecule has 0 aliphatic heterocycles. The number of carbonyl (C=O) groups excluding carboxylic acids is 1. The topological polar surface area (TPSA) is 66.8 Å². The van der Waals surface area contributed by atoms with Gasteiger partial charge < -0.3 is 14.9 Å². The van der Waals surface area contributed by atoms with E-state index < -0.39 is 0 Å². The lowest BCUT2D eigenvalue weighted by Crippen LogP contribution is -1.94. The third kappa shape index (κ3) is 6.17. The standard InChI is InChI=1S/C17H22O4/c1-3-5-6-14(18)12-15(19)9-7-13-8-10-16(20)17(11-13)21-4-2/h7-12,19-20H,3-6H2,1-2H3. The average molecular weight is 290 g/mol. The van der Waals surface area contributed by atoms with Gasteiger partial charge in [-0.2, -0.15) is 0 Å². The lowest BCUT2D eigenvalue weighted by molar-refractivity contribution is -0.114. The molecule has 4 nitrogen and oxygen atoms in total. The Morgan fingerprint density at radius 2 is 2.10 bits per heavy atom. The summed E-state index contributed by atoms with van der Waals surface area (Å²) in [7, 11) is 0. The van der Waals surface area contributed by atoms with Crippen LogP contribution in [0.25, 0.3) is 6.08 Å². The molecule has 0 saturated heterocycles. The van der Waals surface area contributed by atoms with Gasteiger partial charge in [0.1, 0.15) is 5.76 Å². The fourth-order valence-electron chi connectivity index (χ4n) is 1.72. The van der Waals surface area contributed by atoms with Crippen molar-refractivity contribution in [2.24, 2.45) is 0 Å². The number of phenols is 1. The number of hydrogen-bond acceptors (Lipinski definition) is 4. The molecule has 0 atom stereocenters. The van der Waals surface area contributed by atoms with Crippen LogP contribution < -0.4 is 4.74 Å². The maximum absolute atomic E-state index is 11.5. The Bertz CT molecular complexity index is 530. The summed E-state index contributed by atoms with van der Waals surface area (Å²) in [6.45, 7) is 4.30.